The van der Waals surface area contributed by atoms with Crippen LogP contribution in [0.5, 0.6) is 0 Å². The maximum absolute atomic E-state index is 10.9. The molecular formula is C10H10N2O2. The number of aromatic amines is 1. The first-order valence-electron chi connectivity index (χ1n) is 4.36. The van der Waals surface area contributed by atoms with E-state index in [-0.39, 0.29) is 11.5 Å². The molecule has 0 spiro atoms. The molecule has 1 atom stereocenters. The molecular weight excluding hydrogens is 180 g/mol. The van der Waals surface area contributed by atoms with Gasteiger partial charge in [-0.2, -0.15) is 5.16 Å². The second-order valence-corrected chi connectivity index (χ2v) is 3.09. The van der Waals surface area contributed by atoms with E-state index in [0.29, 0.717) is 5.76 Å². The van der Waals surface area contributed by atoms with Gasteiger partial charge in [0.15, 0.2) is 0 Å². The molecule has 0 aliphatic rings. The molecule has 1 unspecified atom stereocenters. The van der Waals surface area contributed by atoms with E-state index in [1.165, 1.54) is 6.07 Å². The van der Waals surface area contributed by atoms with Crippen LogP contribution in [-0.2, 0) is 0 Å². The van der Waals surface area contributed by atoms with Crippen LogP contribution in [-0.4, -0.2) is 10.1 Å². The van der Waals surface area contributed by atoms with Crippen molar-refractivity contribution in [2.24, 2.45) is 0 Å². The smallest absolute Gasteiger partial charge is 0.280 e. The minimum absolute atomic E-state index is 0.00449. The molecule has 0 fully saturated rings. The highest BCUT2D eigenvalue weighted by Crippen LogP contribution is 2.19. The third-order valence-electron chi connectivity index (χ3n) is 2.10. The Kier molecular flexibility index (Phi) is 2.18. The molecule has 2 heterocycles. The van der Waals surface area contributed by atoms with Gasteiger partial charge in [-0.25, -0.2) is 0 Å². The molecule has 4 nitrogen and oxygen atoms in total. The normalized spacial score (nSPS) is 12.6. The molecule has 0 saturated heterocycles. The van der Waals surface area contributed by atoms with Gasteiger partial charge in [-0.3, -0.25) is 9.78 Å². The van der Waals surface area contributed by atoms with Gasteiger partial charge in [0.1, 0.15) is 5.76 Å². The van der Waals surface area contributed by atoms with Gasteiger partial charge in [0.2, 0.25) is 0 Å². The van der Waals surface area contributed by atoms with E-state index < -0.39 is 0 Å². The van der Waals surface area contributed by atoms with Crippen molar-refractivity contribution < 1.29 is 4.52 Å². The Morgan fingerprint density at radius 3 is 2.93 bits per heavy atom. The number of rotatable bonds is 2. The summed E-state index contributed by atoms with van der Waals surface area (Å²) in [5.41, 5.74) is 0.665. The molecule has 14 heavy (non-hydrogen) atoms. The van der Waals surface area contributed by atoms with Gasteiger partial charge in [-0.15, -0.1) is 0 Å². The van der Waals surface area contributed by atoms with Crippen molar-refractivity contribution in [3.05, 3.63) is 52.3 Å². The first-order valence-corrected chi connectivity index (χ1v) is 4.36. The third kappa shape index (κ3) is 1.59. The van der Waals surface area contributed by atoms with Crippen molar-refractivity contribution >= 4 is 0 Å². The first-order chi connectivity index (χ1) is 6.77. The van der Waals surface area contributed by atoms with Gasteiger partial charge in [0, 0.05) is 12.3 Å². The monoisotopic (exact) mass is 190 g/mol. The van der Waals surface area contributed by atoms with Crippen LogP contribution in [0, 0.1) is 0 Å². The molecule has 0 bridgehead atoms. The molecule has 0 aliphatic carbocycles. The van der Waals surface area contributed by atoms with Crippen LogP contribution in [0.3, 0.4) is 0 Å². The van der Waals surface area contributed by atoms with Crippen molar-refractivity contribution in [1.82, 2.24) is 10.1 Å². The van der Waals surface area contributed by atoms with Crippen LogP contribution in [0.25, 0.3) is 0 Å². The average Bonchev–Trinajstić information content (AvgIpc) is 2.65. The van der Waals surface area contributed by atoms with Gasteiger partial charge in [0.25, 0.3) is 5.56 Å². The molecule has 0 saturated carbocycles. The van der Waals surface area contributed by atoms with E-state index in [2.05, 4.69) is 10.1 Å². The summed E-state index contributed by atoms with van der Waals surface area (Å²) in [6.45, 7) is 1.94. The second kappa shape index (κ2) is 3.49. The fourth-order valence-corrected chi connectivity index (χ4v) is 1.29. The van der Waals surface area contributed by atoms with E-state index >= 15 is 0 Å². The predicted octanol–water partition coefficient (Wildman–Crippen LogP) is 1.51. The molecule has 1 N–H and O–H groups in total. The van der Waals surface area contributed by atoms with Crippen molar-refractivity contribution in [3.8, 4) is 0 Å². The predicted molar refractivity (Wildman–Crippen MR) is 51.1 cm³/mol. The lowest BCUT2D eigenvalue weighted by atomic mass is 10.0. The van der Waals surface area contributed by atoms with E-state index in [0.717, 1.165) is 5.69 Å². The number of H-pyrrole nitrogens is 1. The highest BCUT2D eigenvalue weighted by Gasteiger charge is 2.13. The summed E-state index contributed by atoms with van der Waals surface area (Å²) >= 11 is 0. The fraction of sp³-hybridized carbons (Fsp3) is 0.200. The maximum atomic E-state index is 10.9. The lowest BCUT2D eigenvalue weighted by Gasteiger charge is -2.05. The van der Waals surface area contributed by atoms with Crippen LogP contribution < -0.4 is 5.56 Å². The van der Waals surface area contributed by atoms with Crippen LogP contribution in [0.1, 0.15) is 24.3 Å². The maximum Gasteiger partial charge on any atom is 0.280 e. The zero-order chi connectivity index (χ0) is 9.97. The number of pyridine rings is 1. The number of nitrogens with zero attached hydrogens (tertiary/aromatic N) is 1. The van der Waals surface area contributed by atoms with Crippen molar-refractivity contribution in [2.75, 3.05) is 0 Å². The van der Waals surface area contributed by atoms with E-state index in [1.807, 2.05) is 25.1 Å². The van der Waals surface area contributed by atoms with Gasteiger partial charge in [-0.1, -0.05) is 6.07 Å². The van der Waals surface area contributed by atoms with Crippen molar-refractivity contribution in [1.29, 1.82) is 0 Å². The Bertz CT molecular complexity index is 458. The third-order valence-corrected chi connectivity index (χ3v) is 2.10. The van der Waals surface area contributed by atoms with Crippen molar-refractivity contribution in [3.63, 3.8) is 0 Å². The quantitative estimate of drug-likeness (QED) is 0.780. The Morgan fingerprint density at radius 1 is 1.50 bits per heavy atom. The summed E-state index contributed by atoms with van der Waals surface area (Å²) < 4.78 is 5.00. The lowest BCUT2D eigenvalue weighted by Crippen LogP contribution is -1.98. The molecule has 0 aliphatic heterocycles. The number of hydrogen-bond donors (Lipinski definition) is 1. The van der Waals surface area contributed by atoms with Crippen LogP contribution in [0.4, 0.5) is 0 Å². The molecule has 2 rings (SSSR count). The van der Waals surface area contributed by atoms with Crippen molar-refractivity contribution in [2.45, 2.75) is 12.8 Å². The van der Waals surface area contributed by atoms with Gasteiger partial charge < -0.3 is 4.52 Å². The number of hydrogen-bond acceptors (Lipinski definition) is 3. The van der Waals surface area contributed by atoms with Gasteiger partial charge in [0.05, 0.1) is 11.6 Å². The van der Waals surface area contributed by atoms with Crippen LogP contribution in [0.2, 0.25) is 0 Å². The Labute approximate surface area is 80.6 Å². The minimum Gasteiger partial charge on any atom is -0.383 e. The first kappa shape index (κ1) is 8.74. The highest BCUT2D eigenvalue weighted by atomic mass is 16.5. The van der Waals surface area contributed by atoms with Gasteiger partial charge in [-0.05, 0) is 19.1 Å². The summed E-state index contributed by atoms with van der Waals surface area (Å²) in [6.07, 6.45) is 1.72. The molecule has 4 heteroatoms. The Balaban J connectivity index is 2.33. The molecule has 2 aromatic rings. The van der Waals surface area contributed by atoms with E-state index in [1.54, 1.807) is 6.20 Å². The largest absolute Gasteiger partial charge is 0.383 e. The van der Waals surface area contributed by atoms with E-state index in [9.17, 15) is 4.79 Å². The molecule has 2 aromatic heterocycles. The summed E-state index contributed by atoms with van der Waals surface area (Å²) in [6, 6.07) is 7.10. The highest BCUT2D eigenvalue weighted by molar-refractivity contribution is 5.18. The summed E-state index contributed by atoms with van der Waals surface area (Å²) in [4.78, 5) is 15.0. The second-order valence-electron chi connectivity index (χ2n) is 3.09. The zero-order valence-corrected chi connectivity index (χ0v) is 7.73. The topological polar surface area (TPSA) is 58.9 Å². The number of nitrogens with one attached hydrogen (secondary N) is 1. The molecule has 72 valence electrons. The summed E-state index contributed by atoms with van der Waals surface area (Å²) in [5, 5.41) is 2.26. The standard InChI is InChI=1S/C10H10N2O2/c1-7(8-4-2-3-5-11-8)9-6-10(13)12-14-9/h2-7H,1H3,(H,12,13). The summed E-state index contributed by atoms with van der Waals surface area (Å²) in [7, 11) is 0. The molecule has 0 aromatic carbocycles. The molecule has 0 radical (unpaired) electrons. The SMILES string of the molecule is CC(c1ccccn1)c1cc(=O)[nH]o1. The fourth-order valence-electron chi connectivity index (χ4n) is 1.29. The van der Waals surface area contributed by atoms with Crippen LogP contribution in [0.15, 0.2) is 39.8 Å². The number of aromatic nitrogens is 2. The minimum atomic E-state index is -0.220. The van der Waals surface area contributed by atoms with Crippen LogP contribution >= 0.6 is 0 Å². The average molecular weight is 190 g/mol. The van der Waals surface area contributed by atoms with E-state index in [4.69, 9.17) is 4.52 Å². The Morgan fingerprint density at radius 2 is 2.36 bits per heavy atom. The lowest BCUT2D eigenvalue weighted by molar-refractivity contribution is 0.370. The van der Waals surface area contributed by atoms with Gasteiger partial charge >= 0.3 is 0 Å². The molecule has 0 amide bonds. The Hall–Kier alpha value is -1.84. The zero-order valence-electron chi connectivity index (χ0n) is 7.73. The summed E-state index contributed by atoms with van der Waals surface area (Å²) in [5.74, 6) is 0.601.